The number of alkyl halides is 3. The number of ether oxygens (including phenoxy) is 2. The number of imidazole rings is 1. The molecule has 8 nitrogen and oxygen atoms in total. The van der Waals surface area contributed by atoms with Crippen LogP contribution in [0, 0.1) is 11.6 Å². The van der Waals surface area contributed by atoms with E-state index in [0.29, 0.717) is 35.6 Å². The molecule has 1 N–H and O–H groups in total. The topological polar surface area (TPSA) is 99.4 Å². The van der Waals surface area contributed by atoms with Crippen molar-refractivity contribution in [2.24, 2.45) is 0 Å². The van der Waals surface area contributed by atoms with Crippen molar-refractivity contribution in [3.05, 3.63) is 93.4 Å². The Morgan fingerprint density at radius 2 is 1.84 bits per heavy atom. The second-order valence-electron chi connectivity index (χ2n) is 9.95. The Labute approximate surface area is 244 Å². The molecular weight excluding hydrogens is 599 g/mol. The standard InChI is InChI=1S/C29H20ClF5N4O4/c30-17-3-1-16(19(31)11-17)13-43-27-26(29(33,34)35)38-25-20(32)7-14(8-22(25)37-27)9-24-36-21-4-2-15(28(40)41)10-23(21)39(24)12-18-5-6-42-18/h1-4,7-8,10-11,18H,5-6,9,12-13H2,(H,40,41)/t18-/m0/s1. The molecule has 1 aliphatic rings. The zero-order chi connectivity index (χ0) is 30.5. The van der Waals surface area contributed by atoms with Crippen molar-refractivity contribution in [1.29, 1.82) is 0 Å². The van der Waals surface area contributed by atoms with Crippen molar-refractivity contribution in [1.82, 2.24) is 19.5 Å². The van der Waals surface area contributed by atoms with Crippen LogP contribution in [0.3, 0.4) is 0 Å². The van der Waals surface area contributed by atoms with Crippen molar-refractivity contribution < 1.29 is 41.3 Å². The van der Waals surface area contributed by atoms with Crippen LogP contribution in [0.2, 0.25) is 5.02 Å². The van der Waals surface area contributed by atoms with Crippen molar-refractivity contribution in [3.63, 3.8) is 0 Å². The first kappa shape index (κ1) is 28.7. The molecule has 0 amide bonds. The fraction of sp³-hybridized carbons (Fsp3) is 0.241. The van der Waals surface area contributed by atoms with Crippen LogP contribution in [0.25, 0.3) is 22.1 Å². The van der Waals surface area contributed by atoms with Gasteiger partial charge in [0, 0.05) is 23.6 Å². The first-order valence-corrected chi connectivity index (χ1v) is 13.3. The fourth-order valence-corrected chi connectivity index (χ4v) is 4.95. The lowest BCUT2D eigenvalue weighted by molar-refractivity contribution is -0.142. The van der Waals surface area contributed by atoms with Gasteiger partial charge >= 0.3 is 12.1 Å². The number of halogens is 6. The molecule has 2 aromatic heterocycles. The van der Waals surface area contributed by atoms with Crippen LogP contribution in [0.15, 0.2) is 48.5 Å². The molecule has 222 valence electrons. The van der Waals surface area contributed by atoms with Crippen molar-refractivity contribution in [2.45, 2.75) is 38.3 Å². The van der Waals surface area contributed by atoms with Gasteiger partial charge in [-0.1, -0.05) is 17.7 Å². The molecule has 1 fully saturated rings. The third kappa shape index (κ3) is 5.82. The molecule has 6 rings (SSSR count). The Morgan fingerprint density at radius 3 is 2.51 bits per heavy atom. The van der Waals surface area contributed by atoms with Gasteiger partial charge in [0.2, 0.25) is 11.6 Å². The fourth-order valence-electron chi connectivity index (χ4n) is 4.79. The van der Waals surface area contributed by atoms with Crippen molar-refractivity contribution >= 4 is 39.6 Å². The van der Waals surface area contributed by atoms with Gasteiger partial charge in [0.15, 0.2) is 5.82 Å². The lowest BCUT2D eigenvalue weighted by Crippen LogP contribution is -2.31. The summed E-state index contributed by atoms with van der Waals surface area (Å²) in [7, 11) is 0. The number of carboxylic acids is 1. The van der Waals surface area contributed by atoms with Gasteiger partial charge < -0.3 is 19.1 Å². The molecule has 3 heterocycles. The molecule has 43 heavy (non-hydrogen) atoms. The minimum Gasteiger partial charge on any atom is -0.478 e. The quantitative estimate of drug-likeness (QED) is 0.196. The van der Waals surface area contributed by atoms with Gasteiger partial charge in [-0.05, 0) is 54.4 Å². The summed E-state index contributed by atoms with van der Waals surface area (Å²) in [6.07, 6.45) is -4.33. The molecule has 0 bridgehead atoms. The molecule has 5 aromatic rings. The summed E-state index contributed by atoms with van der Waals surface area (Å²) < 4.78 is 83.6. The second kappa shape index (κ2) is 11.0. The van der Waals surface area contributed by atoms with E-state index in [4.69, 9.17) is 21.1 Å². The first-order valence-electron chi connectivity index (χ1n) is 12.9. The number of hydrogen-bond donors (Lipinski definition) is 1. The molecule has 0 aliphatic carbocycles. The molecule has 1 aliphatic heterocycles. The summed E-state index contributed by atoms with van der Waals surface area (Å²) in [5, 5.41) is 9.55. The lowest BCUT2D eigenvalue weighted by Gasteiger charge is -2.27. The monoisotopic (exact) mass is 618 g/mol. The van der Waals surface area contributed by atoms with Gasteiger partial charge in [-0.15, -0.1) is 0 Å². The maximum Gasteiger partial charge on any atom is 0.438 e. The summed E-state index contributed by atoms with van der Waals surface area (Å²) in [5.41, 5.74) is -1.02. The van der Waals surface area contributed by atoms with Crippen molar-refractivity contribution in [2.75, 3.05) is 6.61 Å². The minimum atomic E-state index is -5.04. The van der Waals surface area contributed by atoms with Crippen LogP contribution in [0.1, 0.15) is 39.4 Å². The van der Waals surface area contributed by atoms with E-state index in [2.05, 4.69) is 15.0 Å². The summed E-state index contributed by atoms with van der Waals surface area (Å²) >= 11 is 5.74. The Balaban J connectivity index is 1.39. The Bertz CT molecular complexity index is 1890. The molecule has 0 radical (unpaired) electrons. The summed E-state index contributed by atoms with van der Waals surface area (Å²) in [6.45, 7) is 0.357. The number of aromatic carboxylic acids is 1. The maximum atomic E-state index is 15.2. The number of rotatable bonds is 8. The minimum absolute atomic E-state index is 0.0333. The molecule has 0 saturated carbocycles. The average Bonchev–Trinajstić information content (AvgIpc) is 3.24. The van der Waals surface area contributed by atoms with Gasteiger partial charge in [0.1, 0.15) is 23.8 Å². The Kier molecular flexibility index (Phi) is 7.38. The van der Waals surface area contributed by atoms with Crippen LogP contribution in [-0.2, 0) is 30.5 Å². The highest BCUT2D eigenvalue weighted by atomic mass is 35.5. The van der Waals surface area contributed by atoms with Crippen LogP contribution < -0.4 is 4.74 Å². The predicted octanol–water partition coefficient (Wildman–Crippen LogP) is 6.59. The molecule has 1 saturated heterocycles. The first-order chi connectivity index (χ1) is 20.5. The van der Waals surface area contributed by atoms with Crippen LogP contribution >= 0.6 is 11.6 Å². The number of aromatic nitrogens is 4. The number of benzene rings is 3. The highest BCUT2D eigenvalue weighted by Gasteiger charge is 2.38. The number of fused-ring (bicyclic) bond motifs is 2. The summed E-state index contributed by atoms with van der Waals surface area (Å²) in [4.78, 5) is 23.6. The summed E-state index contributed by atoms with van der Waals surface area (Å²) in [5.74, 6) is -3.42. The smallest absolute Gasteiger partial charge is 0.438 e. The van der Waals surface area contributed by atoms with E-state index in [0.717, 1.165) is 18.6 Å². The molecule has 14 heteroatoms. The lowest BCUT2D eigenvalue weighted by atomic mass is 10.1. The van der Waals surface area contributed by atoms with Crippen LogP contribution in [0.5, 0.6) is 5.88 Å². The van der Waals surface area contributed by atoms with E-state index in [1.54, 1.807) is 10.6 Å². The zero-order valence-electron chi connectivity index (χ0n) is 22.0. The van der Waals surface area contributed by atoms with Crippen LogP contribution in [-0.4, -0.2) is 43.3 Å². The van der Waals surface area contributed by atoms with Gasteiger partial charge in [-0.2, -0.15) is 13.2 Å². The highest BCUT2D eigenvalue weighted by molar-refractivity contribution is 6.30. The van der Waals surface area contributed by atoms with Crippen molar-refractivity contribution in [3.8, 4) is 5.88 Å². The largest absolute Gasteiger partial charge is 0.478 e. The Hall–Kier alpha value is -4.36. The Morgan fingerprint density at radius 1 is 1.05 bits per heavy atom. The van der Waals surface area contributed by atoms with E-state index in [9.17, 15) is 27.5 Å². The van der Waals surface area contributed by atoms with E-state index in [1.807, 2.05) is 0 Å². The van der Waals surface area contributed by atoms with Gasteiger partial charge in [-0.3, -0.25) is 0 Å². The molecule has 0 unspecified atom stereocenters. The number of carboxylic acid groups (broad SMARTS) is 1. The van der Waals surface area contributed by atoms with E-state index in [1.165, 1.54) is 30.3 Å². The van der Waals surface area contributed by atoms with Gasteiger partial charge in [0.25, 0.3) is 0 Å². The van der Waals surface area contributed by atoms with E-state index in [-0.39, 0.29) is 34.2 Å². The van der Waals surface area contributed by atoms with Gasteiger partial charge in [0.05, 0.1) is 34.8 Å². The molecule has 0 spiro atoms. The second-order valence-corrected chi connectivity index (χ2v) is 10.4. The van der Waals surface area contributed by atoms with E-state index >= 15 is 4.39 Å². The zero-order valence-corrected chi connectivity index (χ0v) is 22.7. The average molecular weight is 619 g/mol. The highest BCUT2D eigenvalue weighted by Crippen LogP contribution is 2.36. The SMILES string of the molecule is O=C(O)c1ccc2nc(Cc3cc(F)c4nc(C(F)(F)F)c(OCc5ccc(Cl)cc5F)nc4c3)n(C[C@@H]3CCO3)c2c1. The number of nitrogens with zero attached hydrogens (tertiary/aromatic N) is 4. The molecule has 3 aromatic carbocycles. The van der Waals surface area contributed by atoms with Crippen LogP contribution in [0.4, 0.5) is 22.0 Å². The third-order valence-electron chi connectivity index (χ3n) is 7.02. The van der Waals surface area contributed by atoms with E-state index < -0.39 is 47.5 Å². The number of hydrogen-bond acceptors (Lipinski definition) is 6. The molecule has 1 atom stereocenters. The van der Waals surface area contributed by atoms with Gasteiger partial charge in [-0.25, -0.2) is 28.5 Å². The predicted molar refractivity (Wildman–Crippen MR) is 144 cm³/mol. The normalized spacial score (nSPS) is 15.2. The third-order valence-corrected chi connectivity index (χ3v) is 7.25. The maximum absolute atomic E-state index is 15.2. The summed E-state index contributed by atoms with van der Waals surface area (Å²) in [6, 6.07) is 10.5. The number of carbonyl (C=O) groups is 1. The molecular formula is C29H20ClF5N4O4.